The van der Waals surface area contributed by atoms with Crippen LogP contribution in [0.25, 0.3) is 0 Å². The Labute approximate surface area is 168 Å². The van der Waals surface area contributed by atoms with E-state index in [-0.39, 0.29) is 17.9 Å². The average molecular weight is 404 g/mol. The molecule has 0 aliphatic carbocycles. The van der Waals surface area contributed by atoms with Crippen molar-refractivity contribution in [1.29, 1.82) is 0 Å². The minimum Gasteiger partial charge on any atom is -0.493 e. The molecule has 0 radical (unpaired) electrons. The number of rotatable bonds is 8. The Balaban J connectivity index is 2.10. The Bertz CT molecular complexity index is 913. The number of benzene rings is 1. The van der Waals surface area contributed by atoms with Crippen molar-refractivity contribution in [2.24, 2.45) is 0 Å². The lowest BCUT2D eigenvalue weighted by molar-refractivity contribution is -0.116. The number of thioether (sulfide) groups is 1. The summed E-state index contributed by atoms with van der Waals surface area (Å²) in [6, 6.07) is 5.53. The van der Waals surface area contributed by atoms with Crippen LogP contribution in [0.4, 0.5) is 5.82 Å². The summed E-state index contributed by atoms with van der Waals surface area (Å²) in [5.74, 6) is 1.69. The first kappa shape index (κ1) is 20.3. The molecule has 0 unspecified atom stereocenters. The second-order valence-electron chi connectivity index (χ2n) is 6.51. The molecule has 28 heavy (non-hydrogen) atoms. The summed E-state index contributed by atoms with van der Waals surface area (Å²) in [4.78, 5) is 32.6. The lowest BCUT2D eigenvalue weighted by atomic mass is 9.86. The number of methoxy groups -OCH3 is 1. The zero-order valence-electron chi connectivity index (χ0n) is 16.3. The van der Waals surface area contributed by atoms with Gasteiger partial charge in [-0.2, -0.15) is 0 Å². The Morgan fingerprint density at radius 1 is 1.25 bits per heavy atom. The lowest BCUT2D eigenvalue weighted by Gasteiger charge is -2.26. The first-order valence-electron chi connectivity index (χ1n) is 9.45. The van der Waals surface area contributed by atoms with E-state index in [2.05, 4.69) is 22.2 Å². The summed E-state index contributed by atoms with van der Waals surface area (Å²) in [6.45, 7) is 4.59. The highest BCUT2D eigenvalue weighted by atomic mass is 32.2. The zero-order valence-corrected chi connectivity index (χ0v) is 17.1. The minimum absolute atomic E-state index is 0.148. The van der Waals surface area contributed by atoms with Gasteiger partial charge < -0.3 is 19.8 Å². The minimum atomic E-state index is -0.452. The van der Waals surface area contributed by atoms with Crippen LogP contribution in [-0.4, -0.2) is 35.3 Å². The fourth-order valence-corrected chi connectivity index (χ4v) is 3.93. The molecule has 0 bridgehead atoms. The van der Waals surface area contributed by atoms with Gasteiger partial charge in [-0.1, -0.05) is 37.7 Å². The van der Waals surface area contributed by atoms with Crippen LogP contribution < -0.4 is 20.3 Å². The number of carbonyl (C=O) groups is 1. The highest BCUT2D eigenvalue weighted by Crippen LogP contribution is 2.42. The van der Waals surface area contributed by atoms with Crippen molar-refractivity contribution in [2.75, 3.05) is 24.8 Å². The van der Waals surface area contributed by atoms with Crippen molar-refractivity contribution >= 4 is 23.5 Å². The number of nitrogens with zero attached hydrogens (tertiary/aromatic N) is 1. The quantitative estimate of drug-likeness (QED) is 0.517. The van der Waals surface area contributed by atoms with Crippen LogP contribution in [0.3, 0.4) is 0 Å². The SMILES string of the molecule is CCCOc1c(OC)cccc1[C@H]1CC(=O)Nc2nc(SCCC)[nH]c(=O)c21. The van der Waals surface area contributed by atoms with Crippen LogP contribution in [0.5, 0.6) is 11.5 Å². The van der Waals surface area contributed by atoms with Gasteiger partial charge in [0, 0.05) is 23.7 Å². The maximum atomic E-state index is 12.9. The van der Waals surface area contributed by atoms with E-state index >= 15 is 0 Å². The lowest BCUT2D eigenvalue weighted by Crippen LogP contribution is -2.31. The van der Waals surface area contributed by atoms with Crippen molar-refractivity contribution in [3.05, 3.63) is 39.7 Å². The molecule has 2 heterocycles. The number of hydrogen-bond donors (Lipinski definition) is 2. The molecule has 0 saturated heterocycles. The van der Waals surface area contributed by atoms with Gasteiger partial charge in [-0.05, 0) is 18.9 Å². The molecule has 0 saturated carbocycles. The standard InChI is InChI=1S/C20H25N3O4S/c1-4-9-27-17-12(7-6-8-14(17)26-3)13-11-15(24)21-18-16(13)19(25)23-20(22-18)28-10-5-2/h6-8,13H,4-5,9-11H2,1-3H3,(H2,21,22,23,24,25)/t13-/m1/s1. The van der Waals surface area contributed by atoms with Crippen LogP contribution in [0.2, 0.25) is 0 Å². The number of hydrogen-bond acceptors (Lipinski definition) is 6. The number of H-pyrrole nitrogens is 1. The van der Waals surface area contributed by atoms with E-state index in [1.165, 1.54) is 11.8 Å². The third kappa shape index (κ3) is 4.16. The molecule has 0 fully saturated rings. The molecule has 2 N–H and O–H groups in total. The van der Waals surface area contributed by atoms with Gasteiger partial charge in [0.2, 0.25) is 5.91 Å². The van der Waals surface area contributed by atoms with Crippen LogP contribution in [-0.2, 0) is 4.79 Å². The third-order valence-electron chi connectivity index (χ3n) is 4.43. The molecule has 1 atom stereocenters. The van der Waals surface area contributed by atoms with Crippen LogP contribution in [0.1, 0.15) is 50.2 Å². The molecule has 1 aliphatic heterocycles. The van der Waals surface area contributed by atoms with Crippen molar-refractivity contribution in [3.8, 4) is 11.5 Å². The van der Waals surface area contributed by atoms with Gasteiger partial charge in [-0.25, -0.2) is 4.98 Å². The van der Waals surface area contributed by atoms with Gasteiger partial charge in [-0.15, -0.1) is 0 Å². The van der Waals surface area contributed by atoms with Gasteiger partial charge in [0.15, 0.2) is 16.7 Å². The van der Waals surface area contributed by atoms with E-state index in [4.69, 9.17) is 9.47 Å². The van der Waals surface area contributed by atoms with E-state index in [0.29, 0.717) is 34.6 Å². The first-order chi connectivity index (χ1) is 13.6. The maximum Gasteiger partial charge on any atom is 0.257 e. The fraction of sp³-hybridized carbons (Fsp3) is 0.450. The Morgan fingerprint density at radius 3 is 2.79 bits per heavy atom. The summed E-state index contributed by atoms with van der Waals surface area (Å²) >= 11 is 1.46. The molecular weight excluding hydrogens is 378 g/mol. The molecule has 150 valence electrons. The highest BCUT2D eigenvalue weighted by molar-refractivity contribution is 7.99. The van der Waals surface area contributed by atoms with Gasteiger partial charge in [0.25, 0.3) is 5.56 Å². The molecular formula is C20H25N3O4S. The average Bonchev–Trinajstić information content (AvgIpc) is 2.69. The van der Waals surface area contributed by atoms with Gasteiger partial charge in [0.05, 0.1) is 19.3 Å². The number of ether oxygens (including phenoxy) is 2. The number of aromatic amines is 1. The molecule has 3 rings (SSSR count). The van der Waals surface area contributed by atoms with E-state index in [1.807, 2.05) is 25.1 Å². The molecule has 7 nitrogen and oxygen atoms in total. The second-order valence-corrected chi connectivity index (χ2v) is 7.60. The predicted molar refractivity (Wildman–Crippen MR) is 110 cm³/mol. The largest absolute Gasteiger partial charge is 0.493 e. The summed E-state index contributed by atoms with van der Waals surface area (Å²) in [7, 11) is 1.57. The zero-order chi connectivity index (χ0) is 20.1. The summed E-state index contributed by atoms with van der Waals surface area (Å²) in [5, 5.41) is 3.27. The first-order valence-corrected chi connectivity index (χ1v) is 10.4. The second kappa shape index (κ2) is 9.14. The van der Waals surface area contributed by atoms with Crippen LogP contribution in [0.15, 0.2) is 28.2 Å². The predicted octanol–water partition coefficient (Wildman–Crippen LogP) is 3.54. The summed E-state index contributed by atoms with van der Waals surface area (Å²) in [5.41, 5.74) is 0.970. The van der Waals surface area contributed by atoms with Crippen molar-refractivity contribution < 1.29 is 14.3 Å². The Kier molecular flexibility index (Phi) is 6.61. The number of para-hydroxylation sites is 1. The van der Waals surface area contributed by atoms with E-state index in [0.717, 1.165) is 24.2 Å². The normalized spacial score (nSPS) is 15.7. The molecule has 8 heteroatoms. The molecule has 1 aromatic heterocycles. The fourth-order valence-electron chi connectivity index (χ4n) is 3.21. The van der Waals surface area contributed by atoms with Crippen molar-refractivity contribution in [3.63, 3.8) is 0 Å². The number of fused-ring (bicyclic) bond motifs is 1. The maximum absolute atomic E-state index is 12.9. The van der Waals surface area contributed by atoms with E-state index in [1.54, 1.807) is 7.11 Å². The van der Waals surface area contributed by atoms with E-state index < -0.39 is 5.92 Å². The van der Waals surface area contributed by atoms with Crippen LogP contribution >= 0.6 is 11.8 Å². The Hall–Kier alpha value is -2.48. The van der Waals surface area contributed by atoms with Gasteiger partial charge >= 0.3 is 0 Å². The molecule has 1 aliphatic rings. The monoisotopic (exact) mass is 403 g/mol. The molecule has 1 aromatic carbocycles. The summed E-state index contributed by atoms with van der Waals surface area (Å²) < 4.78 is 11.4. The summed E-state index contributed by atoms with van der Waals surface area (Å²) in [6.07, 6.45) is 1.94. The Morgan fingerprint density at radius 2 is 2.07 bits per heavy atom. The number of amides is 1. The van der Waals surface area contributed by atoms with Gasteiger partial charge in [0.1, 0.15) is 5.82 Å². The van der Waals surface area contributed by atoms with Gasteiger partial charge in [-0.3, -0.25) is 9.59 Å². The van der Waals surface area contributed by atoms with Crippen LogP contribution in [0, 0.1) is 0 Å². The number of nitrogens with one attached hydrogen (secondary N) is 2. The topological polar surface area (TPSA) is 93.3 Å². The third-order valence-corrected chi connectivity index (χ3v) is 5.51. The smallest absolute Gasteiger partial charge is 0.257 e. The highest BCUT2D eigenvalue weighted by Gasteiger charge is 2.33. The number of aromatic nitrogens is 2. The molecule has 1 amide bonds. The number of anilines is 1. The number of carbonyl (C=O) groups excluding carboxylic acids is 1. The molecule has 2 aromatic rings. The van der Waals surface area contributed by atoms with E-state index in [9.17, 15) is 9.59 Å². The van der Waals surface area contributed by atoms with Crippen molar-refractivity contribution in [1.82, 2.24) is 9.97 Å². The van der Waals surface area contributed by atoms with Crippen molar-refractivity contribution in [2.45, 2.75) is 44.2 Å². The molecule has 0 spiro atoms.